The summed E-state index contributed by atoms with van der Waals surface area (Å²) in [7, 11) is 1.55. The highest BCUT2D eigenvalue weighted by Gasteiger charge is 2.06. The number of benzene rings is 1. The van der Waals surface area contributed by atoms with Crippen molar-refractivity contribution < 1.29 is 9.53 Å². The second kappa shape index (κ2) is 5.58. The maximum atomic E-state index is 11.3. The molecule has 0 heterocycles. The van der Waals surface area contributed by atoms with Gasteiger partial charge in [-0.3, -0.25) is 4.79 Å². The molecular weight excluding hydrogens is 216 g/mol. The number of ether oxygens (including phenoxy) is 1. The number of amides is 1. The number of nitrogens with two attached hydrogens (primary N) is 1. The maximum Gasteiger partial charge on any atom is 0.225 e. The molecule has 4 nitrogen and oxygen atoms in total. The molecule has 0 aliphatic carbocycles. The molecule has 0 aliphatic rings. The molecule has 0 radical (unpaired) electrons. The van der Waals surface area contributed by atoms with Crippen molar-refractivity contribution in [2.75, 3.05) is 19.0 Å². The Balaban J connectivity index is 2.79. The van der Waals surface area contributed by atoms with Crippen LogP contribution in [0.4, 0.5) is 5.69 Å². The first-order valence-electron chi connectivity index (χ1n) is 4.51. The summed E-state index contributed by atoms with van der Waals surface area (Å²) < 4.78 is 5.02. The molecule has 0 spiro atoms. The fourth-order valence-corrected chi connectivity index (χ4v) is 1.24. The summed E-state index contributed by atoms with van der Waals surface area (Å²) in [5.74, 6) is 0.482. The van der Waals surface area contributed by atoms with Crippen LogP contribution in [0, 0.1) is 0 Å². The molecule has 0 aliphatic heterocycles. The lowest BCUT2D eigenvalue weighted by molar-refractivity contribution is -0.116. The molecule has 0 saturated carbocycles. The van der Waals surface area contributed by atoms with Gasteiger partial charge < -0.3 is 15.8 Å². The molecule has 1 aromatic carbocycles. The Hall–Kier alpha value is -1.26. The molecule has 0 atom stereocenters. The number of nitrogens with one attached hydrogen (secondary N) is 1. The van der Waals surface area contributed by atoms with Gasteiger partial charge in [-0.2, -0.15) is 0 Å². The monoisotopic (exact) mass is 228 g/mol. The van der Waals surface area contributed by atoms with E-state index in [1.54, 1.807) is 25.3 Å². The number of anilines is 1. The minimum atomic E-state index is -0.160. The normalized spacial score (nSPS) is 9.80. The number of hydrogen-bond donors (Lipinski definition) is 2. The average molecular weight is 229 g/mol. The third kappa shape index (κ3) is 3.42. The highest BCUT2D eigenvalue weighted by Crippen LogP contribution is 2.26. The molecule has 15 heavy (non-hydrogen) atoms. The first-order chi connectivity index (χ1) is 7.17. The lowest BCUT2D eigenvalue weighted by atomic mass is 10.3. The summed E-state index contributed by atoms with van der Waals surface area (Å²) in [6.45, 7) is 0.313. The molecular formula is C10H13ClN2O2. The number of rotatable bonds is 4. The zero-order valence-electron chi connectivity index (χ0n) is 8.42. The molecule has 0 fully saturated rings. The van der Waals surface area contributed by atoms with Crippen molar-refractivity contribution in [2.24, 2.45) is 5.73 Å². The van der Waals surface area contributed by atoms with E-state index < -0.39 is 0 Å². The molecule has 0 bridgehead atoms. The largest absolute Gasteiger partial charge is 0.497 e. The smallest absolute Gasteiger partial charge is 0.225 e. The topological polar surface area (TPSA) is 64.3 Å². The Morgan fingerprint density at radius 1 is 1.60 bits per heavy atom. The van der Waals surface area contributed by atoms with Crippen molar-refractivity contribution in [3.05, 3.63) is 23.2 Å². The zero-order valence-corrected chi connectivity index (χ0v) is 9.17. The fraction of sp³-hybridized carbons (Fsp3) is 0.300. The molecule has 0 unspecified atom stereocenters. The predicted octanol–water partition coefficient (Wildman–Crippen LogP) is 1.64. The van der Waals surface area contributed by atoms with Gasteiger partial charge in [-0.15, -0.1) is 0 Å². The van der Waals surface area contributed by atoms with Crippen molar-refractivity contribution in [1.29, 1.82) is 0 Å². The lowest BCUT2D eigenvalue weighted by Gasteiger charge is -2.08. The fourth-order valence-electron chi connectivity index (χ4n) is 1.07. The van der Waals surface area contributed by atoms with Crippen LogP contribution in [-0.4, -0.2) is 19.6 Å². The van der Waals surface area contributed by atoms with E-state index in [0.29, 0.717) is 23.0 Å². The highest BCUT2D eigenvalue weighted by molar-refractivity contribution is 6.33. The molecule has 0 aromatic heterocycles. The first kappa shape index (κ1) is 11.8. The van der Waals surface area contributed by atoms with Gasteiger partial charge in [0.1, 0.15) is 5.75 Å². The van der Waals surface area contributed by atoms with Crippen LogP contribution in [0.15, 0.2) is 18.2 Å². The number of methoxy groups -OCH3 is 1. The van der Waals surface area contributed by atoms with Crippen LogP contribution >= 0.6 is 11.6 Å². The van der Waals surface area contributed by atoms with Crippen LogP contribution in [-0.2, 0) is 4.79 Å². The van der Waals surface area contributed by atoms with Crippen LogP contribution < -0.4 is 15.8 Å². The van der Waals surface area contributed by atoms with E-state index in [1.165, 1.54) is 0 Å². The second-order valence-corrected chi connectivity index (χ2v) is 3.34. The molecule has 1 aromatic rings. The summed E-state index contributed by atoms with van der Waals surface area (Å²) >= 11 is 5.90. The Morgan fingerprint density at radius 2 is 2.33 bits per heavy atom. The van der Waals surface area contributed by atoms with Crippen LogP contribution in [0.25, 0.3) is 0 Å². The van der Waals surface area contributed by atoms with Crippen LogP contribution in [0.3, 0.4) is 0 Å². The molecule has 0 saturated heterocycles. The summed E-state index contributed by atoms with van der Waals surface area (Å²) in [5.41, 5.74) is 5.80. The SMILES string of the molecule is COc1ccc(Cl)c(NC(=O)CCN)c1. The van der Waals surface area contributed by atoms with Crippen LogP contribution in [0.2, 0.25) is 5.02 Å². The van der Waals surface area contributed by atoms with E-state index in [-0.39, 0.29) is 12.3 Å². The van der Waals surface area contributed by atoms with E-state index in [2.05, 4.69) is 5.32 Å². The van der Waals surface area contributed by atoms with Crippen LogP contribution in [0.5, 0.6) is 5.75 Å². The van der Waals surface area contributed by atoms with E-state index >= 15 is 0 Å². The number of carbonyl (C=O) groups excluding carboxylic acids is 1. The van der Waals surface area contributed by atoms with Gasteiger partial charge in [0, 0.05) is 19.0 Å². The Morgan fingerprint density at radius 3 is 2.93 bits per heavy atom. The van der Waals surface area contributed by atoms with Gasteiger partial charge in [-0.25, -0.2) is 0 Å². The van der Waals surface area contributed by atoms with Crippen molar-refractivity contribution in [3.8, 4) is 5.75 Å². The Kier molecular flexibility index (Phi) is 4.39. The van der Waals surface area contributed by atoms with E-state index in [0.717, 1.165) is 0 Å². The Labute approximate surface area is 93.4 Å². The highest BCUT2D eigenvalue weighted by atomic mass is 35.5. The van der Waals surface area contributed by atoms with Gasteiger partial charge in [0.25, 0.3) is 0 Å². The van der Waals surface area contributed by atoms with E-state index in [4.69, 9.17) is 22.1 Å². The Bertz CT molecular complexity index is 355. The van der Waals surface area contributed by atoms with Crippen molar-refractivity contribution in [2.45, 2.75) is 6.42 Å². The predicted molar refractivity (Wildman–Crippen MR) is 60.3 cm³/mol. The maximum absolute atomic E-state index is 11.3. The molecule has 3 N–H and O–H groups in total. The second-order valence-electron chi connectivity index (χ2n) is 2.93. The van der Waals surface area contributed by atoms with Gasteiger partial charge in [-0.05, 0) is 12.1 Å². The third-order valence-corrected chi connectivity index (χ3v) is 2.15. The number of carbonyl (C=O) groups is 1. The summed E-state index contributed by atoms with van der Waals surface area (Å²) in [4.78, 5) is 11.3. The summed E-state index contributed by atoms with van der Waals surface area (Å²) in [5, 5.41) is 3.13. The lowest BCUT2D eigenvalue weighted by Crippen LogP contribution is -2.16. The van der Waals surface area contributed by atoms with Gasteiger partial charge >= 0.3 is 0 Å². The van der Waals surface area contributed by atoms with E-state index in [1.807, 2.05) is 0 Å². The number of hydrogen-bond acceptors (Lipinski definition) is 3. The zero-order chi connectivity index (χ0) is 11.3. The van der Waals surface area contributed by atoms with Crippen molar-refractivity contribution >= 4 is 23.2 Å². The average Bonchev–Trinajstić information content (AvgIpc) is 2.21. The summed E-state index contributed by atoms with van der Waals surface area (Å²) in [6, 6.07) is 5.05. The van der Waals surface area contributed by atoms with Gasteiger partial charge in [0.2, 0.25) is 5.91 Å². The molecule has 1 amide bonds. The van der Waals surface area contributed by atoms with Crippen molar-refractivity contribution in [3.63, 3.8) is 0 Å². The third-order valence-electron chi connectivity index (χ3n) is 1.82. The van der Waals surface area contributed by atoms with Gasteiger partial charge in [-0.1, -0.05) is 11.6 Å². The van der Waals surface area contributed by atoms with E-state index in [9.17, 15) is 4.79 Å². The quantitative estimate of drug-likeness (QED) is 0.824. The van der Waals surface area contributed by atoms with Crippen LogP contribution in [0.1, 0.15) is 6.42 Å². The van der Waals surface area contributed by atoms with Crippen molar-refractivity contribution in [1.82, 2.24) is 0 Å². The standard InChI is InChI=1S/C10H13ClN2O2/c1-15-7-2-3-8(11)9(6-7)13-10(14)4-5-12/h2-3,6H,4-5,12H2,1H3,(H,13,14). The number of halogens is 1. The first-order valence-corrected chi connectivity index (χ1v) is 4.88. The minimum absolute atomic E-state index is 0.160. The van der Waals surface area contributed by atoms with Gasteiger partial charge in [0.15, 0.2) is 0 Å². The molecule has 5 heteroatoms. The summed E-state index contributed by atoms with van der Waals surface area (Å²) in [6.07, 6.45) is 0.271. The van der Waals surface area contributed by atoms with Gasteiger partial charge in [0.05, 0.1) is 17.8 Å². The molecule has 82 valence electrons. The molecule has 1 rings (SSSR count). The minimum Gasteiger partial charge on any atom is -0.497 e.